The van der Waals surface area contributed by atoms with Crippen LogP contribution in [0.2, 0.25) is 0 Å². The van der Waals surface area contributed by atoms with Crippen LogP contribution in [0.25, 0.3) is 0 Å². The van der Waals surface area contributed by atoms with Crippen molar-refractivity contribution in [1.29, 1.82) is 0 Å². The first-order chi connectivity index (χ1) is 28.9. The van der Waals surface area contributed by atoms with E-state index in [0.29, 0.717) is 218 Å². The second kappa shape index (κ2) is 51.0. The third-order valence-electron chi connectivity index (χ3n) is 7.05. The Hall–Kier alpha value is -0.380. The minimum absolute atomic E-state index is 0.499. The number of hydrogen-bond donors (Lipinski definition) is 0. The zero-order valence-corrected chi connectivity index (χ0v) is 37.4. The Morgan fingerprint density at radius 3 is 0.655 bits per heavy atom. The zero-order valence-electron chi connectivity index (χ0n) is 34.4. The predicted octanol–water partition coefficient (Wildman–Crippen LogP) is 3.47. The summed E-state index contributed by atoms with van der Waals surface area (Å²) in [6.45, 7) is 17.1. The third-order valence-corrected chi connectivity index (χ3v) is 8.07. The summed E-state index contributed by atoms with van der Waals surface area (Å²) in [6, 6.07) is 10.1. The topological polar surface area (TPSA) is 157 Å². The Labute approximate surface area is 362 Å². The van der Waals surface area contributed by atoms with Crippen LogP contribution in [-0.4, -0.2) is 211 Å². The van der Waals surface area contributed by atoms with Crippen LogP contribution in [0.1, 0.15) is 5.56 Å². The highest BCUT2D eigenvalue weighted by atomic mass is 127. The largest absolute Gasteiger partial charge is 0.377 e. The number of halogens is 1. The fraction of sp³-hybridized carbons (Fsp3) is 0.846. The molecule has 0 N–H and O–H groups in total. The summed E-state index contributed by atoms with van der Waals surface area (Å²) in [5.74, 6) is 0. The monoisotopic (exact) mass is 970 g/mol. The zero-order chi connectivity index (χ0) is 41.2. The molecule has 0 unspecified atom stereocenters. The molecule has 1 rings (SSSR count). The van der Waals surface area contributed by atoms with Crippen molar-refractivity contribution in [2.75, 3.05) is 211 Å². The van der Waals surface area contributed by atoms with E-state index in [9.17, 15) is 0 Å². The van der Waals surface area contributed by atoms with E-state index in [1.165, 1.54) is 9.21 Å². The van der Waals surface area contributed by atoms with Gasteiger partial charge in [0.25, 0.3) is 0 Å². The summed E-state index contributed by atoms with van der Waals surface area (Å²) in [4.78, 5) is 0. The van der Waals surface area contributed by atoms with Crippen molar-refractivity contribution in [1.82, 2.24) is 0 Å². The maximum atomic E-state index is 5.57. The van der Waals surface area contributed by atoms with E-state index < -0.39 is 0 Å². The van der Waals surface area contributed by atoms with Gasteiger partial charge >= 0.3 is 0 Å². The van der Waals surface area contributed by atoms with Crippen LogP contribution in [0.5, 0.6) is 0 Å². The molecular formula is C39H71IO17S. The van der Waals surface area contributed by atoms with Gasteiger partial charge in [0.05, 0.1) is 227 Å². The van der Waals surface area contributed by atoms with E-state index >= 15 is 0 Å². The lowest BCUT2D eigenvalue weighted by Crippen LogP contribution is -2.16. The van der Waals surface area contributed by atoms with Gasteiger partial charge in [-0.3, -0.25) is 0 Å². The first-order valence-corrected chi connectivity index (χ1v) is 23.4. The molecule has 0 aliphatic carbocycles. The first kappa shape index (κ1) is 55.6. The summed E-state index contributed by atoms with van der Waals surface area (Å²) >= 11 is 2.07. The quantitative estimate of drug-likeness (QED) is 0.0531. The second-order valence-corrected chi connectivity index (χ2v) is 13.0. The van der Waals surface area contributed by atoms with Crippen LogP contribution in [0.3, 0.4) is 0 Å². The van der Waals surface area contributed by atoms with Gasteiger partial charge in [0, 0.05) is 21.2 Å². The van der Waals surface area contributed by atoms with E-state index in [1.807, 2.05) is 30.3 Å². The molecule has 0 saturated heterocycles. The molecule has 0 bridgehead atoms. The van der Waals surface area contributed by atoms with Gasteiger partial charge in [-0.2, -0.15) is 0 Å². The molecule has 0 fully saturated rings. The third kappa shape index (κ3) is 46.7. The molecule has 342 valence electrons. The van der Waals surface area contributed by atoms with Gasteiger partial charge in [-0.05, 0) is 5.56 Å². The van der Waals surface area contributed by atoms with Gasteiger partial charge in [-0.15, -0.1) is 0 Å². The van der Waals surface area contributed by atoms with Gasteiger partial charge < -0.3 is 80.0 Å². The Bertz CT molecular complexity index is 890. The van der Waals surface area contributed by atoms with Crippen LogP contribution in [0, 0.1) is 0 Å². The van der Waals surface area contributed by atoms with Crippen LogP contribution in [0.15, 0.2) is 30.3 Å². The molecule has 17 nitrogen and oxygen atoms in total. The minimum atomic E-state index is 0.499. The molecule has 0 amide bonds. The Balaban J connectivity index is 1.59. The fourth-order valence-electron chi connectivity index (χ4n) is 4.19. The molecule has 0 heterocycles. The second-order valence-electron chi connectivity index (χ2n) is 11.6. The Kier molecular flexibility index (Phi) is 48.9. The summed E-state index contributed by atoms with van der Waals surface area (Å²) in [6.07, 6.45) is 0. The first-order valence-electron chi connectivity index (χ1n) is 20.1. The standard InChI is InChI=1S/C39H71IO17S/c40-58-57-37-36-55-33-32-53-29-28-51-25-24-49-21-20-47-17-16-45-13-12-43-9-8-41-6-7-42-10-11-44-14-15-46-18-19-48-22-23-50-26-27-52-30-31-54-34-35-56-38-39-4-2-1-3-5-39/h1-5H,6-38H2. The lowest BCUT2D eigenvalue weighted by Gasteiger charge is -2.09. The van der Waals surface area contributed by atoms with Crippen molar-refractivity contribution in [3.8, 4) is 0 Å². The van der Waals surface area contributed by atoms with E-state index in [1.54, 1.807) is 0 Å². The van der Waals surface area contributed by atoms with E-state index in [4.69, 9.17) is 80.0 Å². The number of rotatable bonds is 51. The molecule has 19 heteroatoms. The van der Waals surface area contributed by atoms with Crippen molar-refractivity contribution in [3.05, 3.63) is 35.9 Å². The average Bonchev–Trinajstić information content (AvgIpc) is 3.24. The van der Waals surface area contributed by atoms with Crippen LogP contribution >= 0.6 is 30.4 Å². The van der Waals surface area contributed by atoms with Crippen molar-refractivity contribution >= 4 is 30.4 Å². The summed E-state index contributed by atoms with van der Waals surface area (Å²) in [7, 11) is 1.30. The van der Waals surface area contributed by atoms with Crippen LogP contribution in [0.4, 0.5) is 0 Å². The fourth-order valence-corrected chi connectivity index (χ4v) is 4.86. The molecule has 0 aliphatic rings. The Morgan fingerprint density at radius 1 is 0.259 bits per heavy atom. The van der Waals surface area contributed by atoms with E-state index in [2.05, 4.69) is 21.2 Å². The lowest BCUT2D eigenvalue weighted by molar-refractivity contribution is -0.0305. The van der Waals surface area contributed by atoms with Gasteiger partial charge in [0.15, 0.2) is 0 Å². The smallest absolute Gasteiger partial charge is 0.0857 e. The summed E-state index contributed by atoms with van der Waals surface area (Å²) in [5.41, 5.74) is 1.16. The average molecular weight is 971 g/mol. The van der Waals surface area contributed by atoms with Crippen molar-refractivity contribution < 1.29 is 80.0 Å². The Morgan fingerprint density at radius 2 is 0.448 bits per heavy atom. The molecule has 1 aromatic carbocycles. The van der Waals surface area contributed by atoms with Crippen LogP contribution < -0.4 is 0 Å². The van der Waals surface area contributed by atoms with Gasteiger partial charge in [-0.1, -0.05) is 30.3 Å². The molecule has 1 aromatic rings. The van der Waals surface area contributed by atoms with Crippen LogP contribution in [-0.2, 0) is 86.6 Å². The molecule has 0 radical (unpaired) electrons. The normalized spacial score (nSPS) is 11.6. The van der Waals surface area contributed by atoms with Gasteiger partial charge in [0.1, 0.15) is 0 Å². The molecule has 0 saturated carbocycles. The van der Waals surface area contributed by atoms with E-state index in [-0.39, 0.29) is 0 Å². The SMILES string of the molecule is ISOCCOCCOCCOCCOCCOCCOCCOCCOCCOCCOCCOCCOCCOCCOCCOCCOCc1ccccc1. The highest BCUT2D eigenvalue weighted by Crippen LogP contribution is 2.11. The van der Waals surface area contributed by atoms with E-state index in [0.717, 1.165) is 5.56 Å². The molecule has 0 spiro atoms. The molecule has 0 aromatic heterocycles. The molecule has 0 aliphatic heterocycles. The molecule has 58 heavy (non-hydrogen) atoms. The highest BCUT2D eigenvalue weighted by molar-refractivity contribution is 14.2. The van der Waals surface area contributed by atoms with Crippen molar-refractivity contribution in [2.24, 2.45) is 0 Å². The van der Waals surface area contributed by atoms with Crippen molar-refractivity contribution in [3.63, 3.8) is 0 Å². The summed E-state index contributed by atoms with van der Waals surface area (Å²) < 4.78 is 92.9. The minimum Gasteiger partial charge on any atom is -0.377 e. The number of hydrogen-bond acceptors (Lipinski definition) is 18. The maximum Gasteiger partial charge on any atom is 0.0857 e. The summed E-state index contributed by atoms with van der Waals surface area (Å²) in [5, 5.41) is 0. The highest BCUT2D eigenvalue weighted by Gasteiger charge is 1.98. The predicted molar refractivity (Wildman–Crippen MR) is 226 cm³/mol. The number of ether oxygens (including phenoxy) is 16. The molecular weight excluding hydrogens is 899 g/mol. The lowest BCUT2D eigenvalue weighted by atomic mass is 10.2. The van der Waals surface area contributed by atoms with Gasteiger partial charge in [0.2, 0.25) is 0 Å². The number of benzene rings is 1. The van der Waals surface area contributed by atoms with Gasteiger partial charge in [-0.25, -0.2) is 0 Å². The maximum absolute atomic E-state index is 5.57. The molecule has 0 atom stereocenters. The van der Waals surface area contributed by atoms with Crippen molar-refractivity contribution in [2.45, 2.75) is 6.61 Å².